The zero-order chi connectivity index (χ0) is 26.0. The molecular weight excluding hydrogens is 492 g/mol. The van der Waals surface area contributed by atoms with Crippen LogP contribution in [0.1, 0.15) is 11.6 Å². The molecule has 2 aromatic carbocycles. The Morgan fingerprint density at radius 2 is 1.69 bits per heavy atom. The summed E-state index contributed by atoms with van der Waals surface area (Å²) in [6.07, 6.45) is 0. The van der Waals surface area contributed by atoms with E-state index in [4.69, 9.17) is 27.9 Å². The number of hydrogen-bond donors (Lipinski definition) is 1. The Hall–Kier alpha value is -3.48. The number of hydrogen-bond acceptors (Lipinski definition) is 10. The van der Waals surface area contributed by atoms with Crippen LogP contribution in [0.5, 0.6) is 28.7 Å². The number of nitrogens with one attached hydrogen (secondary N) is 1. The summed E-state index contributed by atoms with van der Waals surface area (Å²) in [5, 5.41) is 1.84. The molecule has 2 heterocycles. The van der Waals surface area contributed by atoms with E-state index in [0.29, 0.717) is 47.4 Å². The fourth-order valence-electron chi connectivity index (χ4n) is 4.13. The largest absolute Gasteiger partial charge is 0.497 e. The standard InChI is InChI=1S/C24H28N2O9S/c1-14-22(26(24(14)27)15-10-19(31-3)23(33-5)20(11-15)32-4)17-7-6-16(30-2)12-18(17)35-36(28,29)21-13-34-9-8-25-21/h6-7,10-12,21-22,25H,1,8-9,13H2,2-5H3. The summed E-state index contributed by atoms with van der Waals surface area (Å²) < 4.78 is 58.4. The van der Waals surface area contributed by atoms with Crippen LogP contribution in [-0.4, -0.2) is 67.9 Å². The number of β-lactam (4-membered cyclic amide) rings is 1. The van der Waals surface area contributed by atoms with Crippen LogP contribution >= 0.6 is 0 Å². The lowest BCUT2D eigenvalue weighted by Gasteiger charge is -2.43. The molecule has 0 bridgehead atoms. The predicted octanol–water partition coefficient (Wildman–Crippen LogP) is 2.02. The lowest BCUT2D eigenvalue weighted by molar-refractivity contribution is -0.119. The van der Waals surface area contributed by atoms with Crippen LogP contribution < -0.4 is 33.3 Å². The zero-order valence-corrected chi connectivity index (χ0v) is 21.2. The van der Waals surface area contributed by atoms with Crippen molar-refractivity contribution < 1.29 is 41.1 Å². The second-order valence-corrected chi connectivity index (χ2v) is 9.71. The van der Waals surface area contributed by atoms with Crippen molar-refractivity contribution in [3.63, 3.8) is 0 Å². The van der Waals surface area contributed by atoms with Crippen molar-refractivity contribution >= 4 is 21.7 Å². The summed E-state index contributed by atoms with van der Waals surface area (Å²) in [5.74, 6) is 1.13. The second kappa shape index (κ2) is 10.2. The summed E-state index contributed by atoms with van der Waals surface area (Å²) in [6, 6.07) is 7.29. The number of carbonyl (C=O) groups is 1. The number of amides is 1. The lowest BCUT2D eigenvalue weighted by Crippen LogP contribution is -2.49. The van der Waals surface area contributed by atoms with E-state index in [2.05, 4.69) is 11.9 Å². The van der Waals surface area contributed by atoms with Crippen molar-refractivity contribution in [3.8, 4) is 28.7 Å². The van der Waals surface area contributed by atoms with Gasteiger partial charge in [-0.15, -0.1) is 0 Å². The van der Waals surface area contributed by atoms with Crippen molar-refractivity contribution in [3.05, 3.63) is 48.0 Å². The molecule has 1 N–H and O–H groups in total. The molecule has 2 atom stereocenters. The number of rotatable bonds is 9. The smallest absolute Gasteiger partial charge is 0.327 e. The van der Waals surface area contributed by atoms with Gasteiger partial charge in [-0.1, -0.05) is 6.58 Å². The first-order chi connectivity index (χ1) is 17.2. The van der Waals surface area contributed by atoms with Crippen LogP contribution in [-0.2, 0) is 19.6 Å². The molecule has 11 nitrogen and oxygen atoms in total. The van der Waals surface area contributed by atoms with E-state index >= 15 is 0 Å². The Bertz CT molecular complexity index is 1250. The van der Waals surface area contributed by atoms with E-state index in [-0.39, 0.29) is 23.8 Å². The Labute approximate surface area is 209 Å². The molecule has 2 aliphatic heterocycles. The Morgan fingerprint density at radius 3 is 2.25 bits per heavy atom. The molecule has 2 saturated heterocycles. The second-order valence-electron chi connectivity index (χ2n) is 7.98. The van der Waals surface area contributed by atoms with Gasteiger partial charge in [0.2, 0.25) is 5.75 Å². The minimum Gasteiger partial charge on any atom is -0.497 e. The lowest BCUT2D eigenvalue weighted by atomic mass is 9.87. The van der Waals surface area contributed by atoms with Gasteiger partial charge < -0.3 is 27.9 Å². The molecule has 0 radical (unpaired) electrons. The molecule has 2 aromatic rings. The van der Waals surface area contributed by atoms with Gasteiger partial charge in [-0.2, -0.15) is 8.42 Å². The summed E-state index contributed by atoms with van der Waals surface area (Å²) in [7, 11) is 1.75. The van der Waals surface area contributed by atoms with Crippen molar-refractivity contribution in [2.45, 2.75) is 11.4 Å². The maximum absolute atomic E-state index is 13.0. The summed E-state index contributed by atoms with van der Waals surface area (Å²) in [4.78, 5) is 14.4. The van der Waals surface area contributed by atoms with Crippen LogP contribution in [0.2, 0.25) is 0 Å². The van der Waals surface area contributed by atoms with E-state index in [0.717, 1.165) is 0 Å². The topological polar surface area (TPSA) is 122 Å². The molecule has 36 heavy (non-hydrogen) atoms. The molecular formula is C24H28N2O9S. The molecule has 0 aliphatic carbocycles. The van der Waals surface area contributed by atoms with Crippen molar-refractivity contribution in [2.75, 3.05) is 53.1 Å². The number of morpholine rings is 1. The Balaban J connectivity index is 1.76. The monoisotopic (exact) mass is 520 g/mol. The van der Waals surface area contributed by atoms with E-state index in [9.17, 15) is 13.2 Å². The van der Waals surface area contributed by atoms with Gasteiger partial charge in [0.25, 0.3) is 5.91 Å². The van der Waals surface area contributed by atoms with E-state index in [1.54, 1.807) is 24.3 Å². The molecule has 0 spiro atoms. The SMILES string of the molecule is C=C1C(=O)N(c2cc(OC)c(OC)c(OC)c2)C1c1ccc(OC)cc1OS(=O)(=O)C1COCCN1. The molecule has 4 rings (SSSR count). The van der Waals surface area contributed by atoms with Gasteiger partial charge in [-0.05, 0) is 12.1 Å². The highest BCUT2D eigenvalue weighted by molar-refractivity contribution is 7.87. The number of nitrogens with zero attached hydrogens (tertiary/aromatic N) is 1. The number of ether oxygens (including phenoxy) is 5. The number of benzene rings is 2. The van der Waals surface area contributed by atoms with Gasteiger partial charge in [0.15, 0.2) is 22.6 Å². The third kappa shape index (κ3) is 4.54. The fraction of sp³-hybridized carbons (Fsp3) is 0.375. The quantitative estimate of drug-likeness (QED) is 0.299. The van der Waals surface area contributed by atoms with E-state index < -0.39 is 21.5 Å². The zero-order valence-electron chi connectivity index (χ0n) is 20.4. The first-order valence-corrected chi connectivity index (χ1v) is 12.5. The third-order valence-electron chi connectivity index (χ3n) is 5.97. The van der Waals surface area contributed by atoms with Crippen LogP contribution in [0.4, 0.5) is 5.69 Å². The highest BCUT2D eigenvalue weighted by Crippen LogP contribution is 2.50. The minimum absolute atomic E-state index is 0.0119. The summed E-state index contributed by atoms with van der Waals surface area (Å²) in [6.45, 7) is 4.65. The fourth-order valence-corrected chi connectivity index (χ4v) is 5.22. The van der Waals surface area contributed by atoms with Crippen LogP contribution in [0.15, 0.2) is 42.5 Å². The normalized spacial score (nSPS) is 19.9. The molecule has 194 valence electrons. The van der Waals surface area contributed by atoms with Crippen LogP contribution in [0.25, 0.3) is 0 Å². The third-order valence-corrected chi connectivity index (χ3v) is 7.38. The molecule has 0 saturated carbocycles. The predicted molar refractivity (Wildman–Crippen MR) is 131 cm³/mol. The van der Waals surface area contributed by atoms with Gasteiger partial charge >= 0.3 is 10.1 Å². The highest BCUT2D eigenvalue weighted by atomic mass is 32.2. The van der Waals surface area contributed by atoms with Gasteiger partial charge in [0.1, 0.15) is 5.75 Å². The highest BCUT2D eigenvalue weighted by Gasteiger charge is 2.45. The maximum Gasteiger partial charge on any atom is 0.327 e. The van der Waals surface area contributed by atoms with E-state index in [1.165, 1.54) is 39.4 Å². The van der Waals surface area contributed by atoms with Crippen molar-refractivity contribution in [1.82, 2.24) is 5.32 Å². The summed E-state index contributed by atoms with van der Waals surface area (Å²) in [5.41, 5.74) is 1.11. The number of methoxy groups -OCH3 is 4. The molecule has 1 amide bonds. The molecule has 0 aromatic heterocycles. The average Bonchev–Trinajstić information content (AvgIpc) is 2.90. The van der Waals surface area contributed by atoms with E-state index in [1.807, 2.05) is 0 Å². The summed E-state index contributed by atoms with van der Waals surface area (Å²) >= 11 is 0. The first-order valence-electron chi connectivity index (χ1n) is 11.0. The average molecular weight is 521 g/mol. The van der Waals surface area contributed by atoms with Crippen LogP contribution in [0.3, 0.4) is 0 Å². The van der Waals surface area contributed by atoms with Crippen LogP contribution in [0, 0.1) is 0 Å². The molecule has 2 fully saturated rings. The molecule has 2 unspecified atom stereocenters. The minimum atomic E-state index is -4.13. The van der Waals surface area contributed by atoms with Crippen molar-refractivity contribution in [2.24, 2.45) is 0 Å². The molecule has 2 aliphatic rings. The maximum atomic E-state index is 13.0. The number of anilines is 1. The van der Waals surface area contributed by atoms with Crippen molar-refractivity contribution in [1.29, 1.82) is 0 Å². The Morgan fingerprint density at radius 1 is 1.00 bits per heavy atom. The van der Waals surface area contributed by atoms with Gasteiger partial charge in [-0.25, -0.2) is 0 Å². The van der Waals surface area contributed by atoms with Gasteiger partial charge in [0, 0.05) is 35.9 Å². The number of carbonyl (C=O) groups excluding carboxylic acids is 1. The van der Waals surface area contributed by atoms with Gasteiger partial charge in [-0.3, -0.25) is 15.0 Å². The molecule has 12 heteroatoms. The van der Waals surface area contributed by atoms with Gasteiger partial charge in [0.05, 0.1) is 53.4 Å². The Kier molecular flexibility index (Phi) is 7.29. The first kappa shape index (κ1) is 25.6.